The third kappa shape index (κ3) is 42.2. The summed E-state index contributed by atoms with van der Waals surface area (Å²) >= 11 is 0. The van der Waals surface area contributed by atoms with Crippen molar-refractivity contribution in [3.8, 4) is 0 Å². The fourth-order valence-corrected chi connectivity index (χ4v) is 5.49. The molecule has 0 heterocycles. The predicted octanol–water partition coefficient (Wildman–Crippen LogP) is 11.8. The van der Waals surface area contributed by atoms with E-state index in [2.05, 4.69) is 135 Å². The van der Waals surface area contributed by atoms with E-state index in [1.165, 1.54) is 0 Å². The van der Waals surface area contributed by atoms with Crippen LogP contribution < -0.4 is 0 Å². The number of hydrogen-bond acceptors (Lipinski definition) is 8. The van der Waals surface area contributed by atoms with E-state index in [0.29, 0.717) is 13.0 Å². The van der Waals surface area contributed by atoms with E-state index in [0.717, 1.165) is 89.9 Å². The molecule has 3 atom stereocenters. The first kappa shape index (κ1) is 54.6. The lowest BCUT2D eigenvalue weighted by atomic mass is 10.2. The van der Waals surface area contributed by atoms with Gasteiger partial charge in [-0.3, -0.25) is 13.8 Å². The first-order chi connectivity index (χ1) is 28.3. The smallest absolute Gasteiger partial charge is 0.457 e. The molecule has 0 rings (SSSR count). The van der Waals surface area contributed by atoms with Crippen molar-refractivity contribution in [2.24, 2.45) is 0 Å². The number of unbranched alkanes of at least 4 members (excludes halogenated alkanes) is 2. The minimum atomic E-state index is -4.56. The monoisotopic (exact) mass is 827 g/mol. The quantitative estimate of drug-likeness (QED) is 0.0241. The molecule has 0 aromatic rings. The SMILES string of the molecule is CC/C=C\C/C=C\C/C=C\C/C=C\C/C=C\C/C=C\CCC(=O)OC(COCCCC/C=C\C/C=C\C/C=C\C/C=C\C/C=C\CC)COP(=O)(O)OCC(O)CO. The molecule has 0 bridgehead atoms. The highest BCUT2D eigenvalue weighted by Gasteiger charge is 2.26. The maximum absolute atomic E-state index is 12.6. The lowest BCUT2D eigenvalue weighted by Crippen LogP contribution is -2.29. The summed E-state index contributed by atoms with van der Waals surface area (Å²) in [6.45, 7) is 3.02. The van der Waals surface area contributed by atoms with Gasteiger partial charge in [-0.25, -0.2) is 4.57 Å². The number of allylic oxidation sites excluding steroid dienone is 22. The third-order valence-corrected chi connectivity index (χ3v) is 8.80. The molecule has 0 saturated carbocycles. The second kappa shape index (κ2) is 43.2. The van der Waals surface area contributed by atoms with Crippen LogP contribution in [0.1, 0.15) is 117 Å². The Hall–Kier alpha value is -3.40. The summed E-state index contributed by atoms with van der Waals surface area (Å²) in [5, 5.41) is 18.3. The molecule has 3 N–H and O–H groups in total. The summed E-state index contributed by atoms with van der Waals surface area (Å²) in [5.41, 5.74) is 0. The first-order valence-corrected chi connectivity index (χ1v) is 22.7. The van der Waals surface area contributed by atoms with Gasteiger partial charge in [0.05, 0.1) is 26.4 Å². The Balaban J connectivity index is 4.44. The zero-order chi connectivity index (χ0) is 42.5. The van der Waals surface area contributed by atoms with Crippen molar-refractivity contribution in [3.63, 3.8) is 0 Å². The summed E-state index contributed by atoms with van der Waals surface area (Å²) in [5.74, 6) is -0.487. The molecule has 0 aliphatic rings. The number of esters is 1. The molecular formula is C48H75O9P. The van der Waals surface area contributed by atoms with Crippen LogP contribution in [0, 0.1) is 0 Å². The molecule has 0 aliphatic carbocycles. The second-order valence-electron chi connectivity index (χ2n) is 13.2. The van der Waals surface area contributed by atoms with Gasteiger partial charge < -0.3 is 24.6 Å². The van der Waals surface area contributed by atoms with Gasteiger partial charge in [0.1, 0.15) is 12.2 Å². The molecule has 58 heavy (non-hydrogen) atoms. The molecule has 0 fully saturated rings. The Labute approximate surface area is 351 Å². The number of phosphoric ester groups is 1. The molecular weight excluding hydrogens is 751 g/mol. The number of hydrogen-bond donors (Lipinski definition) is 3. The van der Waals surface area contributed by atoms with Crippen LogP contribution in [0.5, 0.6) is 0 Å². The van der Waals surface area contributed by atoms with Gasteiger partial charge in [-0.15, -0.1) is 0 Å². The molecule has 9 nitrogen and oxygen atoms in total. The van der Waals surface area contributed by atoms with Crippen molar-refractivity contribution in [2.45, 2.75) is 129 Å². The highest BCUT2D eigenvalue weighted by atomic mass is 31.2. The maximum atomic E-state index is 12.6. The van der Waals surface area contributed by atoms with Gasteiger partial charge in [0.15, 0.2) is 0 Å². The highest BCUT2D eigenvalue weighted by Crippen LogP contribution is 2.43. The number of aliphatic hydroxyl groups excluding tert-OH is 2. The van der Waals surface area contributed by atoms with Crippen molar-refractivity contribution in [1.82, 2.24) is 0 Å². The maximum Gasteiger partial charge on any atom is 0.472 e. The molecule has 0 amide bonds. The molecule has 10 heteroatoms. The molecule has 326 valence electrons. The summed E-state index contributed by atoms with van der Waals surface area (Å²) in [4.78, 5) is 22.5. The molecule has 0 aromatic carbocycles. The van der Waals surface area contributed by atoms with Gasteiger partial charge in [-0.1, -0.05) is 148 Å². The van der Waals surface area contributed by atoms with E-state index in [1.807, 2.05) is 12.2 Å². The van der Waals surface area contributed by atoms with Crippen LogP contribution >= 0.6 is 7.82 Å². The summed E-state index contributed by atoms with van der Waals surface area (Å²) < 4.78 is 33.2. The van der Waals surface area contributed by atoms with Crippen LogP contribution in [0.15, 0.2) is 134 Å². The van der Waals surface area contributed by atoms with Crippen molar-refractivity contribution in [2.75, 3.05) is 33.0 Å². The predicted molar refractivity (Wildman–Crippen MR) is 241 cm³/mol. The standard InChI is InChI=1S/C48H75O9P/c1-3-5-7-9-11-13-15-17-19-21-23-24-26-28-30-32-34-36-38-40-48(51)57-47(45-56-58(52,53)55-43-46(50)42-49)44-54-41-39-37-35-33-31-29-27-25-22-20-18-16-14-12-10-8-6-4-2/h5-8,11-14,17-20,23-25,27-28,30-31,33-34,36,46-47,49-50H,3-4,9-10,15-16,21-22,26,29,32,35,37-45H2,1-2H3,(H,52,53)/b7-5-,8-6-,13-11-,14-12-,19-17-,20-18-,24-23-,27-25-,30-28-,33-31-,36-34-. The Morgan fingerprint density at radius 3 is 1.33 bits per heavy atom. The average molecular weight is 827 g/mol. The Morgan fingerprint density at radius 2 is 0.914 bits per heavy atom. The molecule has 0 aliphatic heterocycles. The number of ether oxygens (including phenoxy) is 2. The molecule has 0 aromatic heterocycles. The lowest BCUT2D eigenvalue weighted by Gasteiger charge is -2.20. The van der Waals surface area contributed by atoms with Crippen LogP contribution in [0.25, 0.3) is 0 Å². The van der Waals surface area contributed by atoms with E-state index in [9.17, 15) is 19.4 Å². The number of aliphatic hydroxyl groups is 2. The van der Waals surface area contributed by atoms with E-state index < -0.39 is 45.8 Å². The Bertz CT molecular complexity index is 1350. The Morgan fingerprint density at radius 1 is 0.534 bits per heavy atom. The van der Waals surface area contributed by atoms with Crippen LogP contribution in [-0.2, 0) is 27.9 Å². The third-order valence-electron chi connectivity index (χ3n) is 7.85. The van der Waals surface area contributed by atoms with Crippen LogP contribution in [0.4, 0.5) is 0 Å². The number of carbonyl (C=O) groups excluding carboxylic acids is 1. The number of rotatable bonds is 38. The summed E-state index contributed by atoms with van der Waals surface area (Å²) in [6, 6.07) is 0. The topological polar surface area (TPSA) is 132 Å². The van der Waals surface area contributed by atoms with Crippen molar-refractivity contribution in [3.05, 3.63) is 134 Å². The average Bonchev–Trinajstić information content (AvgIpc) is 3.21. The van der Waals surface area contributed by atoms with E-state index in [-0.39, 0.29) is 13.0 Å². The first-order valence-electron chi connectivity index (χ1n) is 21.2. The fraction of sp³-hybridized carbons (Fsp3) is 0.521. The highest BCUT2D eigenvalue weighted by molar-refractivity contribution is 7.47. The van der Waals surface area contributed by atoms with Crippen molar-refractivity contribution < 1.29 is 43.0 Å². The van der Waals surface area contributed by atoms with E-state index in [1.54, 1.807) is 0 Å². The van der Waals surface area contributed by atoms with Crippen LogP contribution in [0.2, 0.25) is 0 Å². The fourth-order valence-electron chi connectivity index (χ4n) is 4.70. The van der Waals surface area contributed by atoms with Gasteiger partial charge in [-0.05, 0) is 96.3 Å². The van der Waals surface area contributed by atoms with E-state index >= 15 is 0 Å². The lowest BCUT2D eigenvalue weighted by molar-refractivity contribution is -0.154. The number of phosphoric acid groups is 1. The minimum Gasteiger partial charge on any atom is -0.457 e. The van der Waals surface area contributed by atoms with E-state index in [4.69, 9.17) is 23.6 Å². The van der Waals surface area contributed by atoms with Gasteiger partial charge in [0.25, 0.3) is 0 Å². The van der Waals surface area contributed by atoms with Gasteiger partial charge >= 0.3 is 13.8 Å². The summed E-state index contributed by atoms with van der Waals surface area (Å²) in [7, 11) is -4.56. The zero-order valence-electron chi connectivity index (χ0n) is 35.4. The van der Waals surface area contributed by atoms with Crippen molar-refractivity contribution in [1.29, 1.82) is 0 Å². The van der Waals surface area contributed by atoms with Gasteiger partial charge in [0, 0.05) is 13.0 Å². The van der Waals surface area contributed by atoms with Crippen LogP contribution in [-0.4, -0.2) is 66.3 Å². The van der Waals surface area contributed by atoms with Crippen LogP contribution in [0.3, 0.4) is 0 Å². The molecule has 3 unspecified atom stereocenters. The largest absolute Gasteiger partial charge is 0.472 e. The second-order valence-corrected chi connectivity index (χ2v) is 14.7. The minimum absolute atomic E-state index is 0.0212. The van der Waals surface area contributed by atoms with Gasteiger partial charge in [0.2, 0.25) is 0 Å². The normalized spacial score (nSPS) is 15.3. The molecule has 0 spiro atoms. The molecule has 0 radical (unpaired) electrons. The Kier molecular flexibility index (Phi) is 40.7. The number of carbonyl (C=O) groups is 1. The molecule has 0 saturated heterocycles. The van der Waals surface area contributed by atoms with Crippen molar-refractivity contribution >= 4 is 13.8 Å². The van der Waals surface area contributed by atoms with Gasteiger partial charge in [-0.2, -0.15) is 0 Å². The summed E-state index contributed by atoms with van der Waals surface area (Å²) in [6.07, 6.45) is 58.6. The zero-order valence-corrected chi connectivity index (χ0v) is 36.3.